The van der Waals surface area contributed by atoms with Crippen LogP contribution in [0.3, 0.4) is 0 Å². The zero-order valence-electron chi connectivity index (χ0n) is 9.45. The number of hydrogen-bond acceptors (Lipinski definition) is 4. The largest absolute Gasteiger partial charge is 0.316 e. The highest BCUT2D eigenvalue weighted by Crippen LogP contribution is 2.17. The molecule has 1 aliphatic rings. The molecule has 0 aromatic carbocycles. The quantitative estimate of drug-likeness (QED) is 0.853. The minimum absolute atomic E-state index is 0.356. The highest BCUT2D eigenvalue weighted by atomic mass is 32.1. The Morgan fingerprint density at radius 3 is 3.25 bits per heavy atom. The predicted octanol–water partition coefficient (Wildman–Crippen LogP) is 2.03. The zero-order valence-corrected chi connectivity index (χ0v) is 10.3. The summed E-state index contributed by atoms with van der Waals surface area (Å²) in [5.74, 6) is 1.06. The predicted molar refractivity (Wildman–Crippen MR) is 65.7 cm³/mol. The Balaban J connectivity index is 1.67. The molecule has 1 atom stereocenters. The van der Waals surface area contributed by atoms with Crippen LogP contribution >= 0.6 is 11.3 Å². The summed E-state index contributed by atoms with van der Waals surface area (Å²) in [4.78, 5) is 16.8. The highest BCUT2D eigenvalue weighted by molar-refractivity contribution is 7.09. The van der Waals surface area contributed by atoms with Crippen LogP contribution in [0.15, 0.2) is 11.7 Å². The standard InChI is InChI=1S/C12H18N2OS/c15-11(6-12-8-14-9-16-12)4-3-10-2-1-5-13-7-10/h8-10,13H,1-7H2. The molecule has 3 nitrogen and oxygen atoms in total. The van der Waals surface area contributed by atoms with Crippen LogP contribution in [0.4, 0.5) is 0 Å². The second-order valence-corrected chi connectivity index (χ2v) is 5.41. The number of piperidine rings is 1. The molecule has 1 aromatic heterocycles. The molecule has 2 rings (SSSR count). The maximum atomic E-state index is 11.7. The molecular formula is C12H18N2OS. The molecule has 88 valence electrons. The Hall–Kier alpha value is -0.740. The number of aromatic nitrogens is 1. The van der Waals surface area contributed by atoms with E-state index in [-0.39, 0.29) is 0 Å². The zero-order chi connectivity index (χ0) is 11.2. The van der Waals surface area contributed by atoms with E-state index in [1.54, 1.807) is 23.0 Å². The number of rotatable bonds is 5. The van der Waals surface area contributed by atoms with Crippen LogP contribution in [0.5, 0.6) is 0 Å². The lowest BCUT2D eigenvalue weighted by atomic mass is 9.93. The fourth-order valence-electron chi connectivity index (χ4n) is 2.15. The first kappa shape index (κ1) is 11.7. The average molecular weight is 238 g/mol. The molecule has 4 heteroatoms. The topological polar surface area (TPSA) is 42.0 Å². The van der Waals surface area contributed by atoms with Crippen molar-refractivity contribution in [2.24, 2.45) is 5.92 Å². The number of thiazole rings is 1. The van der Waals surface area contributed by atoms with Crippen LogP contribution in [-0.4, -0.2) is 23.9 Å². The van der Waals surface area contributed by atoms with E-state index in [4.69, 9.17) is 0 Å². The molecule has 1 aliphatic heterocycles. The van der Waals surface area contributed by atoms with Crippen LogP contribution in [-0.2, 0) is 11.2 Å². The van der Waals surface area contributed by atoms with Gasteiger partial charge in [0.05, 0.1) is 5.51 Å². The van der Waals surface area contributed by atoms with Gasteiger partial charge in [-0.15, -0.1) is 11.3 Å². The Morgan fingerprint density at radius 1 is 1.62 bits per heavy atom. The summed E-state index contributed by atoms with van der Waals surface area (Å²) < 4.78 is 0. The van der Waals surface area contributed by atoms with Gasteiger partial charge in [0.15, 0.2) is 0 Å². The number of nitrogens with zero attached hydrogens (tertiary/aromatic N) is 1. The Labute approximate surface area is 100 Å². The number of nitrogens with one attached hydrogen (secondary N) is 1. The monoisotopic (exact) mass is 238 g/mol. The van der Waals surface area contributed by atoms with Gasteiger partial charge in [0.1, 0.15) is 5.78 Å². The van der Waals surface area contributed by atoms with Crippen LogP contribution in [0.25, 0.3) is 0 Å². The number of ketones is 1. The van der Waals surface area contributed by atoms with Crippen molar-refractivity contribution in [3.05, 3.63) is 16.6 Å². The molecule has 0 spiro atoms. The molecule has 0 amide bonds. The first-order valence-electron chi connectivity index (χ1n) is 5.94. The smallest absolute Gasteiger partial charge is 0.138 e. The van der Waals surface area contributed by atoms with Crippen molar-refractivity contribution in [1.82, 2.24) is 10.3 Å². The molecule has 1 saturated heterocycles. The van der Waals surface area contributed by atoms with Gasteiger partial charge in [-0.1, -0.05) is 0 Å². The Morgan fingerprint density at radius 2 is 2.56 bits per heavy atom. The van der Waals surface area contributed by atoms with Crippen LogP contribution in [0, 0.1) is 5.92 Å². The van der Waals surface area contributed by atoms with Gasteiger partial charge in [-0.05, 0) is 38.3 Å². The molecule has 1 unspecified atom stereocenters. The summed E-state index contributed by atoms with van der Waals surface area (Å²) in [7, 11) is 0. The van der Waals surface area contributed by atoms with Gasteiger partial charge in [-0.25, -0.2) is 0 Å². The molecule has 2 heterocycles. The molecule has 1 N–H and O–H groups in total. The second-order valence-electron chi connectivity index (χ2n) is 4.43. The third kappa shape index (κ3) is 3.68. The maximum absolute atomic E-state index is 11.7. The van der Waals surface area contributed by atoms with E-state index in [1.807, 2.05) is 0 Å². The summed E-state index contributed by atoms with van der Waals surface area (Å²) in [6.45, 7) is 2.24. The van der Waals surface area contributed by atoms with Crippen LogP contribution in [0.2, 0.25) is 0 Å². The van der Waals surface area contributed by atoms with E-state index < -0.39 is 0 Å². The van der Waals surface area contributed by atoms with E-state index in [0.717, 1.165) is 30.8 Å². The number of carbonyl (C=O) groups is 1. The minimum Gasteiger partial charge on any atom is -0.316 e. The second kappa shape index (κ2) is 6.11. The van der Waals surface area contributed by atoms with E-state index in [2.05, 4.69) is 10.3 Å². The average Bonchev–Trinajstić information content (AvgIpc) is 2.81. The summed E-state index contributed by atoms with van der Waals surface area (Å²) >= 11 is 1.57. The molecule has 1 aromatic rings. The summed E-state index contributed by atoms with van der Waals surface area (Å²) in [6, 6.07) is 0. The molecule has 16 heavy (non-hydrogen) atoms. The first-order valence-corrected chi connectivity index (χ1v) is 6.82. The molecule has 0 saturated carbocycles. The van der Waals surface area contributed by atoms with Crippen molar-refractivity contribution in [2.75, 3.05) is 13.1 Å². The van der Waals surface area contributed by atoms with Gasteiger partial charge in [-0.2, -0.15) is 0 Å². The van der Waals surface area contributed by atoms with Crippen LogP contribution in [0.1, 0.15) is 30.6 Å². The number of carbonyl (C=O) groups excluding carboxylic acids is 1. The molecule has 1 fully saturated rings. The van der Waals surface area contributed by atoms with Crippen LogP contribution < -0.4 is 5.32 Å². The SMILES string of the molecule is O=C(CCC1CCCNC1)Cc1cncs1. The van der Waals surface area contributed by atoms with Crippen molar-refractivity contribution in [2.45, 2.75) is 32.1 Å². The van der Waals surface area contributed by atoms with Gasteiger partial charge in [0.25, 0.3) is 0 Å². The molecular weight excluding hydrogens is 220 g/mol. The number of hydrogen-bond donors (Lipinski definition) is 1. The van der Waals surface area contributed by atoms with Crippen molar-refractivity contribution < 1.29 is 4.79 Å². The van der Waals surface area contributed by atoms with Gasteiger partial charge < -0.3 is 5.32 Å². The van der Waals surface area contributed by atoms with Crippen molar-refractivity contribution in [3.8, 4) is 0 Å². The van der Waals surface area contributed by atoms with Crippen molar-refractivity contribution in [3.63, 3.8) is 0 Å². The molecule has 0 aliphatic carbocycles. The fourth-order valence-corrected chi connectivity index (χ4v) is 2.77. The third-order valence-corrected chi connectivity index (χ3v) is 3.86. The highest BCUT2D eigenvalue weighted by Gasteiger charge is 2.14. The Bertz CT molecular complexity index is 318. The van der Waals surface area contributed by atoms with Gasteiger partial charge in [0, 0.05) is 23.9 Å². The summed E-state index contributed by atoms with van der Waals surface area (Å²) in [5.41, 5.74) is 1.79. The van der Waals surface area contributed by atoms with E-state index in [1.165, 1.54) is 12.8 Å². The lowest BCUT2D eigenvalue weighted by Gasteiger charge is -2.22. The van der Waals surface area contributed by atoms with Gasteiger partial charge in [0.2, 0.25) is 0 Å². The fraction of sp³-hybridized carbons (Fsp3) is 0.667. The van der Waals surface area contributed by atoms with Crippen molar-refractivity contribution in [1.29, 1.82) is 0 Å². The molecule has 0 radical (unpaired) electrons. The van der Waals surface area contributed by atoms with Crippen molar-refractivity contribution >= 4 is 17.1 Å². The summed E-state index contributed by atoms with van der Waals surface area (Å²) in [6.07, 6.45) is 6.68. The minimum atomic E-state index is 0.356. The molecule has 0 bridgehead atoms. The van der Waals surface area contributed by atoms with E-state index in [0.29, 0.717) is 18.1 Å². The first-order chi connectivity index (χ1) is 7.84. The third-order valence-electron chi connectivity index (χ3n) is 3.09. The normalized spacial score (nSPS) is 20.9. The number of Topliss-reactive ketones (excluding diaryl/α,β-unsaturated/α-hetero) is 1. The Kier molecular flexibility index (Phi) is 4.48. The lowest BCUT2D eigenvalue weighted by Crippen LogP contribution is -2.30. The maximum Gasteiger partial charge on any atom is 0.138 e. The van der Waals surface area contributed by atoms with E-state index in [9.17, 15) is 4.79 Å². The summed E-state index contributed by atoms with van der Waals surface area (Å²) in [5, 5.41) is 3.38. The van der Waals surface area contributed by atoms with E-state index >= 15 is 0 Å². The van der Waals surface area contributed by atoms with Gasteiger partial charge >= 0.3 is 0 Å². The van der Waals surface area contributed by atoms with Gasteiger partial charge in [-0.3, -0.25) is 9.78 Å². The lowest BCUT2D eigenvalue weighted by molar-refractivity contribution is -0.118.